The van der Waals surface area contributed by atoms with E-state index in [1.165, 1.54) is 24.0 Å². The van der Waals surface area contributed by atoms with E-state index >= 15 is 0 Å². The molecule has 3 rings (SSSR count). The van der Waals surface area contributed by atoms with E-state index in [9.17, 15) is 8.42 Å². The molecular weight excluding hydrogens is 377 g/mol. The molecule has 1 aliphatic carbocycles. The molecule has 1 atom stereocenters. The lowest BCUT2D eigenvalue weighted by Crippen LogP contribution is -2.28. The Hall–Kier alpha value is -1.07. The van der Waals surface area contributed by atoms with Crippen molar-refractivity contribution >= 4 is 33.2 Å². The highest BCUT2D eigenvalue weighted by Gasteiger charge is 2.18. The van der Waals surface area contributed by atoms with E-state index in [1.807, 2.05) is 13.0 Å². The van der Waals surface area contributed by atoms with Crippen molar-refractivity contribution in [2.45, 2.75) is 44.4 Å². The van der Waals surface area contributed by atoms with Crippen LogP contribution in [0.3, 0.4) is 0 Å². The average molecular weight is 398 g/mol. The first-order chi connectivity index (χ1) is 11.8. The lowest BCUT2D eigenvalue weighted by Gasteiger charge is -2.20. The molecule has 6 heteroatoms. The van der Waals surface area contributed by atoms with Gasteiger partial charge in [0.2, 0.25) is 10.0 Å². The maximum atomic E-state index is 12.5. The van der Waals surface area contributed by atoms with Crippen LogP contribution in [-0.4, -0.2) is 8.42 Å². The van der Waals surface area contributed by atoms with E-state index in [1.54, 1.807) is 18.2 Å². The highest BCUT2D eigenvalue weighted by Crippen LogP contribution is 2.26. The summed E-state index contributed by atoms with van der Waals surface area (Å²) in [6.45, 7) is 1.87. The summed E-state index contributed by atoms with van der Waals surface area (Å²) in [7, 11) is -3.48. The van der Waals surface area contributed by atoms with E-state index in [0.717, 1.165) is 18.4 Å². The fraction of sp³-hybridized carbons (Fsp3) is 0.368. The van der Waals surface area contributed by atoms with Crippen LogP contribution in [0.2, 0.25) is 10.0 Å². The smallest absolute Gasteiger partial charge is 0.212 e. The van der Waals surface area contributed by atoms with Gasteiger partial charge in [-0.2, -0.15) is 0 Å². The Labute approximate surface area is 159 Å². The molecule has 0 aromatic heterocycles. The Morgan fingerprint density at radius 1 is 1.00 bits per heavy atom. The molecule has 0 radical (unpaired) electrons. The number of halogens is 2. The molecule has 0 aliphatic heterocycles. The van der Waals surface area contributed by atoms with Gasteiger partial charge in [0.1, 0.15) is 0 Å². The zero-order valence-electron chi connectivity index (χ0n) is 14.1. The zero-order valence-corrected chi connectivity index (χ0v) is 16.4. The Kier molecular flexibility index (Phi) is 5.74. The number of hydrogen-bond acceptors (Lipinski definition) is 2. The van der Waals surface area contributed by atoms with Crippen molar-refractivity contribution in [3.05, 3.63) is 68.7 Å². The van der Waals surface area contributed by atoms with Gasteiger partial charge < -0.3 is 0 Å². The van der Waals surface area contributed by atoms with Gasteiger partial charge >= 0.3 is 0 Å². The molecule has 1 aliphatic rings. The van der Waals surface area contributed by atoms with Crippen molar-refractivity contribution in [2.24, 2.45) is 0 Å². The van der Waals surface area contributed by atoms with Gasteiger partial charge in [-0.1, -0.05) is 47.5 Å². The number of sulfonamides is 1. The van der Waals surface area contributed by atoms with Crippen LogP contribution in [-0.2, 0) is 28.6 Å². The number of hydrogen-bond donors (Lipinski definition) is 1. The van der Waals surface area contributed by atoms with Gasteiger partial charge in [-0.3, -0.25) is 0 Å². The average Bonchev–Trinajstić information content (AvgIpc) is 2.57. The first-order valence-corrected chi connectivity index (χ1v) is 10.8. The Bertz CT molecular complexity index is 881. The van der Waals surface area contributed by atoms with E-state index in [0.29, 0.717) is 15.6 Å². The summed E-state index contributed by atoms with van der Waals surface area (Å²) >= 11 is 11.8. The highest BCUT2D eigenvalue weighted by molar-refractivity contribution is 7.88. The molecule has 0 saturated heterocycles. The van der Waals surface area contributed by atoms with E-state index in [4.69, 9.17) is 23.2 Å². The Balaban J connectivity index is 1.72. The second-order valence-corrected chi connectivity index (χ2v) is 9.15. The minimum atomic E-state index is -3.48. The molecule has 0 amide bonds. The van der Waals surface area contributed by atoms with E-state index < -0.39 is 10.0 Å². The topological polar surface area (TPSA) is 46.2 Å². The van der Waals surface area contributed by atoms with Gasteiger partial charge in [-0.25, -0.2) is 13.1 Å². The second kappa shape index (κ2) is 7.67. The van der Waals surface area contributed by atoms with Crippen molar-refractivity contribution in [3.8, 4) is 0 Å². The molecule has 3 nitrogen and oxygen atoms in total. The summed E-state index contributed by atoms with van der Waals surface area (Å²) in [6, 6.07) is 10.9. The molecule has 25 heavy (non-hydrogen) atoms. The minimum Gasteiger partial charge on any atom is -0.212 e. The van der Waals surface area contributed by atoms with Crippen LogP contribution in [0.5, 0.6) is 0 Å². The number of nitrogens with one attached hydrogen (secondary N) is 1. The lowest BCUT2D eigenvalue weighted by atomic mass is 9.89. The molecule has 0 heterocycles. The first kappa shape index (κ1) is 18.7. The van der Waals surface area contributed by atoms with Crippen molar-refractivity contribution in [1.29, 1.82) is 0 Å². The maximum Gasteiger partial charge on any atom is 0.216 e. The third-order valence-corrected chi connectivity index (χ3v) is 6.73. The molecule has 1 N–H and O–H groups in total. The summed E-state index contributed by atoms with van der Waals surface area (Å²) < 4.78 is 27.7. The van der Waals surface area contributed by atoms with E-state index in [-0.39, 0.29) is 11.8 Å². The molecule has 2 aromatic rings. The van der Waals surface area contributed by atoms with Crippen LogP contribution in [0.25, 0.3) is 0 Å². The van der Waals surface area contributed by atoms with Crippen molar-refractivity contribution in [3.63, 3.8) is 0 Å². The summed E-state index contributed by atoms with van der Waals surface area (Å²) in [6.07, 6.45) is 4.63. The number of benzene rings is 2. The van der Waals surface area contributed by atoms with Crippen LogP contribution in [0.4, 0.5) is 0 Å². The molecule has 0 unspecified atom stereocenters. The fourth-order valence-electron chi connectivity index (χ4n) is 3.25. The van der Waals surface area contributed by atoms with Crippen LogP contribution < -0.4 is 4.72 Å². The molecular formula is C19H21Cl2NO2S. The van der Waals surface area contributed by atoms with Gasteiger partial charge in [-0.05, 0) is 67.0 Å². The number of rotatable bonds is 5. The normalized spacial score (nSPS) is 15.6. The summed E-state index contributed by atoms with van der Waals surface area (Å²) in [5.74, 6) is -0.126. The summed E-state index contributed by atoms with van der Waals surface area (Å²) in [5, 5.41) is 0.773. The second-order valence-electron chi connectivity index (χ2n) is 6.58. The highest BCUT2D eigenvalue weighted by atomic mass is 35.5. The van der Waals surface area contributed by atoms with Gasteiger partial charge in [0.05, 0.1) is 15.8 Å². The molecule has 0 spiro atoms. The quantitative estimate of drug-likeness (QED) is 0.766. The predicted molar refractivity (Wildman–Crippen MR) is 104 cm³/mol. The molecule has 2 aromatic carbocycles. The van der Waals surface area contributed by atoms with Gasteiger partial charge in [0.15, 0.2) is 0 Å². The lowest BCUT2D eigenvalue weighted by molar-refractivity contribution is 0.565. The molecule has 134 valence electrons. The van der Waals surface area contributed by atoms with Crippen molar-refractivity contribution < 1.29 is 8.42 Å². The fourth-order valence-corrected chi connectivity index (χ4v) is 4.95. The molecule has 0 fully saturated rings. The Morgan fingerprint density at radius 2 is 1.72 bits per heavy atom. The largest absolute Gasteiger partial charge is 0.216 e. The van der Waals surface area contributed by atoms with Gasteiger partial charge in [0.25, 0.3) is 0 Å². The molecule has 0 saturated carbocycles. The van der Waals surface area contributed by atoms with E-state index in [2.05, 4.69) is 16.9 Å². The van der Waals surface area contributed by atoms with Crippen LogP contribution >= 0.6 is 23.2 Å². The first-order valence-electron chi connectivity index (χ1n) is 8.40. The minimum absolute atomic E-state index is 0.126. The zero-order chi connectivity index (χ0) is 18.0. The Morgan fingerprint density at radius 3 is 2.44 bits per heavy atom. The monoisotopic (exact) mass is 397 g/mol. The van der Waals surface area contributed by atoms with Crippen molar-refractivity contribution in [2.75, 3.05) is 0 Å². The standard InChI is InChI=1S/C19H21Cl2NO2S/c1-13(16-8-7-15-4-2-3-5-17(15)11-16)22-25(23,24)12-14-6-9-18(20)19(21)10-14/h6-11,13,22H,2-5,12H2,1H3/t13-/m0/s1. The third kappa shape index (κ3) is 4.76. The summed E-state index contributed by atoms with van der Waals surface area (Å²) in [5.41, 5.74) is 4.35. The molecule has 0 bridgehead atoms. The predicted octanol–water partition coefficient (Wildman–Crippen LogP) is 5.05. The van der Waals surface area contributed by atoms with Gasteiger partial charge in [0, 0.05) is 6.04 Å². The number of aryl methyl sites for hydroxylation is 2. The SMILES string of the molecule is C[C@H](NS(=O)(=O)Cc1ccc(Cl)c(Cl)c1)c1ccc2c(c1)CCCC2. The van der Waals surface area contributed by atoms with Crippen LogP contribution in [0.15, 0.2) is 36.4 Å². The number of fused-ring (bicyclic) bond motifs is 1. The third-order valence-electron chi connectivity index (χ3n) is 4.57. The van der Waals surface area contributed by atoms with Crippen LogP contribution in [0, 0.1) is 0 Å². The van der Waals surface area contributed by atoms with Crippen LogP contribution in [0.1, 0.15) is 48.1 Å². The van der Waals surface area contributed by atoms with Crippen molar-refractivity contribution in [1.82, 2.24) is 4.72 Å². The summed E-state index contributed by atoms with van der Waals surface area (Å²) in [4.78, 5) is 0. The maximum absolute atomic E-state index is 12.5. The van der Waals surface area contributed by atoms with Gasteiger partial charge in [-0.15, -0.1) is 0 Å².